The maximum atomic E-state index is 5.34. The quantitative estimate of drug-likeness (QED) is 0.416. The van der Waals surface area contributed by atoms with E-state index in [0.717, 1.165) is 31.3 Å². The Bertz CT molecular complexity index is 351. The van der Waals surface area contributed by atoms with Gasteiger partial charge in [0, 0.05) is 46.5 Å². The first kappa shape index (κ1) is 16.3. The Labute approximate surface area is 120 Å². The molecule has 0 amide bonds. The number of hydrogen-bond donors (Lipinski definition) is 2. The molecule has 0 aromatic carbocycles. The topological polar surface area (TPSA) is 64.1 Å². The summed E-state index contributed by atoms with van der Waals surface area (Å²) in [4.78, 5) is 4.13. The Morgan fingerprint density at radius 2 is 2.05 bits per heavy atom. The Morgan fingerprint density at radius 3 is 2.58 bits per heavy atom. The summed E-state index contributed by atoms with van der Waals surface area (Å²) in [7, 11) is 2.38. The van der Waals surface area contributed by atoms with Gasteiger partial charge in [-0.1, -0.05) is 6.08 Å². The van der Waals surface area contributed by atoms with Crippen molar-refractivity contribution in [1.82, 2.24) is 10.6 Å². The third-order valence-electron chi connectivity index (χ3n) is 2.78. The predicted molar refractivity (Wildman–Crippen MR) is 81.1 cm³/mol. The van der Waals surface area contributed by atoms with Crippen molar-refractivity contribution in [3.8, 4) is 0 Å². The molecule has 0 bridgehead atoms. The molecule has 1 aliphatic rings. The van der Waals surface area contributed by atoms with Gasteiger partial charge in [-0.2, -0.15) is 0 Å². The van der Waals surface area contributed by atoms with Gasteiger partial charge in [-0.25, -0.2) is 4.99 Å². The molecule has 0 aliphatic carbocycles. The van der Waals surface area contributed by atoms with Crippen molar-refractivity contribution >= 4 is 32.0 Å². The molecule has 1 heterocycles. The van der Waals surface area contributed by atoms with Crippen LogP contribution in [0.2, 0.25) is 6.04 Å². The Balaban J connectivity index is 2.17. The first-order valence-electron chi connectivity index (χ1n) is 6.08. The van der Waals surface area contributed by atoms with E-state index in [-0.39, 0.29) is 0 Å². The minimum atomic E-state index is -2.46. The number of thiocarbonyl (C=S) groups is 1. The molecule has 1 aliphatic heterocycles. The van der Waals surface area contributed by atoms with Crippen molar-refractivity contribution in [1.29, 1.82) is 0 Å². The Kier molecular flexibility index (Phi) is 7.17. The van der Waals surface area contributed by atoms with E-state index in [1.54, 1.807) is 27.5 Å². The zero-order chi connectivity index (χ0) is 14.1. The van der Waals surface area contributed by atoms with Crippen LogP contribution in [0, 0.1) is 0 Å². The van der Waals surface area contributed by atoms with Gasteiger partial charge in [-0.15, -0.1) is 0 Å². The molecular weight excluding hydrogens is 282 g/mol. The standard InChI is InChI=1S/C11H21N3O3SSi/c1-15-19(16-2,17-3)9-5-8-13-11(18)14-10-6-4-7-12-10/h4,7H,5-6,8-9H2,1-3H3,(H2,12,13,14,18). The second-order valence-electron chi connectivity index (χ2n) is 3.94. The van der Waals surface area contributed by atoms with E-state index in [4.69, 9.17) is 25.5 Å². The van der Waals surface area contributed by atoms with Crippen LogP contribution in [0.25, 0.3) is 0 Å². The second kappa shape index (κ2) is 8.38. The van der Waals surface area contributed by atoms with Crippen LogP contribution in [0.4, 0.5) is 0 Å². The first-order valence-corrected chi connectivity index (χ1v) is 8.42. The molecule has 0 spiro atoms. The van der Waals surface area contributed by atoms with Crippen molar-refractivity contribution in [2.75, 3.05) is 27.9 Å². The zero-order valence-corrected chi connectivity index (χ0v) is 13.4. The van der Waals surface area contributed by atoms with Crippen molar-refractivity contribution < 1.29 is 13.3 Å². The first-order chi connectivity index (χ1) is 9.15. The van der Waals surface area contributed by atoms with Gasteiger partial charge < -0.3 is 23.9 Å². The number of nitrogens with one attached hydrogen (secondary N) is 2. The summed E-state index contributed by atoms with van der Waals surface area (Å²) in [5, 5.41) is 6.75. The minimum absolute atomic E-state index is 0.585. The van der Waals surface area contributed by atoms with Crippen molar-refractivity contribution in [2.24, 2.45) is 4.99 Å². The van der Waals surface area contributed by atoms with E-state index < -0.39 is 8.80 Å². The number of aliphatic imine (C=N–C) groups is 1. The van der Waals surface area contributed by atoms with Gasteiger partial charge in [0.2, 0.25) is 0 Å². The van der Waals surface area contributed by atoms with E-state index in [0.29, 0.717) is 5.11 Å². The van der Waals surface area contributed by atoms with E-state index >= 15 is 0 Å². The molecule has 0 aromatic rings. The molecule has 6 nitrogen and oxygen atoms in total. The summed E-state index contributed by atoms with van der Waals surface area (Å²) in [6, 6.07) is 0.745. The number of amidine groups is 1. The van der Waals surface area contributed by atoms with Crippen LogP contribution in [0.15, 0.2) is 17.3 Å². The molecule has 108 valence electrons. The molecule has 0 radical (unpaired) electrons. The third kappa shape index (κ3) is 5.37. The highest BCUT2D eigenvalue weighted by Gasteiger charge is 2.36. The van der Waals surface area contributed by atoms with Gasteiger partial charge in [0.25, 0.3) is 0 Å². The monoisotopic (exact) mass is 303 g/mol. The second-order valence-corrected chi connectivity index (χ2v) is 7.44. The minimum Gasteiger partial charge on any atom is -0.377 e. The van der Waals surface area contributed by atoms with Crippen LogP contribution in [-0.2, 0) is 13.3 Å². The SMILES string of the molecule is CO[Si](CCCNC(=S)NC1=NC=CC1)(OC)OC. The van der Waals surface area contributed by atoms with Crippen LogP contribution in [0.3, 0.4) is 0 Å². The maximum absolute atomic E-state index is 5.34. The smallest absolute Gasteiger partial charge is 0.377 e. The van der Waals surface area contributed by atoms with Gasteiger partial charge in [0.15, 0.2) is 5.11 Å². The number of hydrogen-bond acceptors (Lipinski definition) is 5. The van der Waals surface area contributed by atoms with Gasteiger partial charge in [-0.3, -0.25) is 0 Å². The highest BCUT2D eigenvalue weighted by molar-refractivity contribution is 7.80. The summed E-state index contributed by atoms with van der Waals surface area (Å²) < 4.78 is 16.0. The van der Waals surface area contributed by atoms with Crippen LogP contribution < -0.4 is 10.6 Å². The lowest BCUT2D eigenvalue weighted by Crippen LogP contribution is -2.44. The highest BCUT2D eigenvalue weighted by Crippen LogP contribution is 2.14. The lowest BCUT2D eigenvalue weighted by molar-refractivity contribution is 0.123. The fourth-order valence-electron chi connectivity index (χ4n) is 1.68. The molecule has 0 fully saturated rings. The molecule has 8 heteroatoms. The van der Waals surface area contributed by atoms with Gasteiger partial charge >= 0.3 is 8.80 Å². The fraction of sp³-hybridized carbons (Fsp3) is 0.636. The van der Waals surface area contributed by atoms with E-state index in [9.17, 15) is 0 Å². The van der Waals surface area contributed by atoms with Gasteiger partial charge in [0.1, 0.15) is 5.84 Å². The van der Waals surface area contributed by atoms with E-state index in [2.05, 4.69) is 15.6 Å². The largest absolute Gasteiger partial charge is 0.500 e. The molecular formula is C11H21N3O3SSi. The van der Waals surface area contributed by atoms with Gasteiger partial charge in [0.05, 0.1) is 0 Å². The maximum Gasteiger partial charge on any atom is 0.500 e. The lowest BCUT2D eigenvalue weighted by Gasteiger charge is -2.24. The summed E-state index contributed by atoms with van der Waals surface area (Å²) in [5.41, 5.74) is 0. The normalized spacial score (nSPS) is 14.4. The van der Waals surface area contributed by atoms with Crippen LogP contribution in [-0.4, -0.2) is 47.6 Å². The summed E-state index contributed by atoms with van der Waals surface area (Å²) in [6.45, 7) is 0.734. The summed E-state index contributed by atoms with van der Waals surface area (Å²) >= 11 is 5.17. The van der Waals surface area contributed by atoms with E-state index in [1.165, 1.54) is 0 Å². The van der Waals surface area contributed by atoms with Crippen LogP contribution in [0.5, 0.6) is 0 Å². The summed E-state index contributed by atoms with van der Waals surface area (Å²) in [6.07, 6.45) is 5.39. The lowest BCUT2D eigenvalue weighted by atomic mass is 10.4. The molecule has 2 N–H and O–H groups in total. The van der Waals surface area contributed by atoms with Crippen molar-refractivity contribution in [3.05, 3.63) is 12.3 Å². The van der Waals surface area contributed by atoms with Crippen molar-refractivity contribution in [3.63, 3.8) is 0 Å². The molecule has 0 unspecified atom stereocenters. The van der Waals surface area contributed by atoms with Crippen molar-refractivity contribution in [2.45, 2.75) is 18.9 Å². The summed E-state index contributed by atoms with van der Waals surface area (Å²) in [5.74, 6) is 0.867. The fourth-order valence-corrected chi connectivity index (χ4v) is 3.62. The number of rotatable bonds is 7. The molecule has 0 aromatic heterocycles. The van der Waals surface area contributed by atoms with Crippen LogP contribution >= 0.6 is 12.2 Å². The Morgan fingerprint density at radius 1 is 1.37 bits per heavy atom. The van der Waals surface area contributed by atoms with E-state index in [1.807, 2.05) is 6.08 Å². The molecule has 0 saturated heterocycles. The average molecular weight is 303 g/mol. The predicted octanol–water partition coefficient (Wildman–Crippen LogP) is 1.03. The van der Waals surface area contributed by atoms with Crippen LogP contribution in [0.1, 0.15) is 12.8 Å². The Hall–Kier alpha value is -0.803. The molecule has 19 heavy (non-hydrogen) atoms. The molecule has 0 atom stereocenters. The number of nitrogens with zero attached hydrogens (tertiary/aromatic N) is 1. The zero-order valence-electron chi connectivity index (χ0n) is 11.6. The molecule has 0 saturated carbocycles. The van der Waals surface area contributed by atoms with Gasteiger partial charge in [-0.05, 0) is 18.6 Å². The molecule has 1 rings (SSSR count). The highest BCUT2D eigenvalue weighted by atomic mass is 32.1. The third-order valence-corrected chi connectivity index (χ3v) is 5.86. The average Bonchev–Trinajstić information content (AvgIpc) is 2.93.